The van der Waals surface area contributed by atoms with Gasteiger partial charge in [-0.25, -0.2) is 8.42 Å². The Morgan fingerprint density at radius 1 is 1.02 bits per heavy atom. The van der Waals surface area contributed by atoms with E-state index in [0.29, 0.717) is 12.2 Å². The first-order valence-corrected chi connectivity index (χ1v) is 16.0. The molecule has 0 bridgehead atoms. The van der Waals surface area contributed by atoms with E-state index in [1.165, 1.54) is 30.2 Å². The second-order valence-electron chi connectivity index (χ2n) is 10.6. The number of hydrogen-bond donors (Lipinski definition) is 1. The summed E-state index contributed by atoms with van der Waals surface area (Å²) in [6.07, 6.45) is 4.31. The highest BCUT2D eigenvalue weighted by Gasteiger charge is 2.34. The minimum atomic E-state index is -4.18. The van der Waals surface area contributed by atoms with E-state index < -0.39 is 28.5 Å². The molecule has 0 aliphatic heterocycles. The van der Waals surface area contributed by atoms with Gasteiger partial charge in [-0.2, -0.15) is 0 Å². The maximum Gasteiger partial charge on any atom is 0.264 e. The van der Waals surface area contributed by atoms with Crippen LogP contribution in [0.2, 0.25) is 5.02 Å². The van der Waals surface area contributed by atoms with Gasteiger partial charge in [-0.1, -0.05) is 79.4 Å². The zero-order chi connectivity index (χ0) is 30.3. The topological polar surface area (TPSA) is 96.0 Å². The number of nitrogens with zero attached hydrogens (tertiary/aromatic N) is 2. The number of nitrogens with one attached hydrogen (secondary N) is 1. The van der Waals surface area contributed by atoms with Crippen molar-refractivity contribution in [2.45, 2.75) is 69.5 Å². The van der Waals surface area contributed by atoms with Gasteiger partial charge in [0.1, 0.15) is 18.3 Å². The van der Waals surface area contributed by atoms with Crippen molar-refractivity contribution in [2.24, 2.45) is 0 Å². The van der Waals surface area contributed by atoms with Crippen LogP contribution < -0.4 is 14.4 Å². The molecular formula is C32H38ClN3O5S. The molecule has 1 atom stereocenters. The van der Waals surface area contributed by atoms with Crippen LogP contribution in [-0.2, 0) is 26.2 Å². The highest BCUT2D eigenvalue weighted by Crippen LogP contribution is 2.32. The van der Waals surface area contributed by atoms with Crippen LogP contribution in [0.4, 0.5) is 5.69 Å². The number of amides is 2. The Labute approximate surface area is 253 Å². The predicted molar refractivity (Wildman–Crippen MR) is 165 cm³/mol. The molecule has 3 aromatic carbocycles. The zero-order valence-electron chi connectivity index (χ0n) is 24.3. The Morgan fingerprint density at radius 3 is 2.36 bits per heavy atom. The normalized spacial score (nSPS) is 14.3. The van der Waals surface area contributed by atoms with Gasteiger partial charge >= 0.3 is 0 Å². The molecule has 1 fully saturated rings. The van der Waals surface area contributed by atoms with E-state index in [1.807, 2.05) is 38.1 Å². The lowest BCUT2D eigenvalue weighted by atomic mass is 10.1. The summed E-state index contributed by atoms with van der Waals surface area (Å²) >= 11 is 6.39. The molecule has 42 heavy (non-hydrogen) atoms. The molecule has 3 aromatic rings. The lowest BCUT2D eigenvalue weighted by Crippen LogP contribution is -2.53. The molecule has 1 N–H and O–H groups in total. The lowest BCUT2D eigenvalue weighted by Gasteiger charge is -2.34. The fourth-order valence-corrected chi connectivity index (χ4v) is 7.03. The van der Waals surface area contributed by atoms with Gasteiger partial charge in [0.05, 0.1) is 22.7 Å². The SMILES string of the molecule is CC[C@@H](C(=O)NC1CCCC1)N(Cc1cccc(C)c1)C(=O)CN(c1ccc(OC)c(Cl)c1)S(=O)(=O)c1ccccc1. The van der Waals surface area contributed by atoms with Gasteiger partial charge in [-0.15, -0.1) is 0 Å². The number of aryl methyl sites for hydroxylation is 1. The van der Waals surface area contributed by atoms with Gasteiger partial charge in [0, 0.05) is 12.6 Å². The molecule has 0 heterocycles. The second kappa shape index (κ2) is 14.1. The standard InChI is InChI=1S/C32H38ClN3O5S/c1-4-29(32(38)34-25-13-8-9-14-25)35(21-24-12-10-11-23(2)19-24)31(37)22-36(26-17-18-30(41-3)28(33)20-26)42(39,40)27-15-6-5-7-16-27/h5-7,10-12,15-20,25,29H,4,8-9,13-14,21-22H2,1-3H3,(H,34,38)/t29-/m0/s1. The van der Waals surface area contributed by atoms with Crippen molar-refractivity contribution in [3.05, 3.63) is 88.9 Å². The van der Waals surface area contributed by atoms with Gasteiger partial charge < -0.3 is 15.0 Å². The number of sulfonamides is 1. The number of methoxy groups -OCH3 is 1. The smallest absolute Gasteiger partial charge is 0.264 e. The quantitative estimate of drug-likeness (QED) is 0.283. The molecule has 1 aliphatic rings. The van der Waals surface area contributed by atoms with E-state index in [4.69, 9.17) is 16.3 Å². The van der Waals surface area contributed by atoms with Crippen LogP contribution in [0, 0.1) is 6.92 Å². The van der Waals surface area contributed by atoms with Crippen molar-refractivity contribution in [1.29, 1.82) is 0 Å². The molecule has 0 saturated heterocycles. The molecule has 224 valence electrons. The van der Waals surface area contributed by atoms with Crippen molar-refractivity contribution in [3.63, 3.8) is 0 Å². The summed E-state index contributed by atoms with van der Waals surface area (Å²) in [5, 5.41) is 3.33. The Hall–Kier alpha value is -3.56. The van der Waals surface area contributed by atoms with Crippen LogP contribution in [0.3, 0.4) is 0 Å². The van der Waals surface area contributed by atoms with E-state index in [2.05, 4.69) is 5.32 Å². The largest absolute Gasteiger partial charge is 0.495 e. The van der Waals surface area contributed by atoms with Crippen molar-refractivity contribution in [3.8, 4) is 5.75 Å². The number of anilines is 1. The predicted octanol–water partition coefficient (Wildman–Crippen LogP) is 5.72. The van der Waals surface area contributed by atoms with Crippen LogP contribution in [0.5, 0.6) is 5.75 Å². The van der Waals surface area contributed by atoms with Crippen LogP contribution in [0.1, 0.15) is 50.2 Å². The monoisotopic (exact) mass is 611 g/mol. The summed E-state index contributed by atoms with van der Waals surface area (Å²) in [5.74, 6) is -0.355. The first-order chi connectivity index (χ1) is 20.1. The van der Waals surface area contributed by atoms with E-state index in [1.54, 1.807) is 30.3 Å². The summed E-state index contributed by atoms with van der Waals surface area (Å²) in [6.45, 7) is 3.44. The third-order valence-corrected chi connectivity index (χ3v) is 9.64. The number of carbonyl (C=O) groups excluding carboxylic acids is 2. The summed E-state index contributed by atoms with van der Waals surface area (Å²) in [5.41, 5.74) is 2.07. The van der Waals surface area contributed by atoms with Crippen LogP contribution in [0.15, 0.2) is 77.7 Å². The number of benzene rings is 3. The third-order valence-electron chi connectivity index (χ3n) is 7.56. The minimum Gasteiger partial charge on any atom is -0.495 e. The summed E-state index contributed by atoms with van der Waals surface area (Å²) in [6, 6.07) is 19.5. The highest BCUT2D eigenvalue weighted by atomic mass is 35.5. The molecule has 0 aromatic heterocycles. The second-order valence-corrected chi connectivity index (χ2v) is 12.8. The number of ether oxygens (including phenoxy) is 1. The van der Waals surface area contributed by atoms with Crippen LogP contribution >= 0.6 is 11.6 Å². The maximum absolute atomic E-state index is 14.2. The van der Waals surface area contributed by atoms with Crippen molar-refractivity contribution >= 4 is 39.1 Å². The lowest BCUT2D eigenvalue weighted by molar-refractivity contribution is -0.140. The van der Waals surface area contributed by atoms with E-state index >= 15 is 0 Å². The van der Waals surface area contributed by atoms with Crippen LogP contribution in [0.25, 0.3) is 0 Å². The molecule has 0 radical (unpaired) electrons. The average Bonchev–Trinajstić information content (AvgIpc) is 3.49. The molecule has 4 rings (SSSR count). The van der Waals surface area contributed by atoms with Crippen LogP contribution in [-0.4, -0.2) is 50.9 Å². The zero-order valence-corrected chi connectivity index (χ0v) is 25.8. The summed E-state index contributed by atoms with van der Waals surface area (Å²) < 4.78 is 34.2. The Kier molecular flexibility index (Phi) is 10.5. The first-order valence-electron chi connectivity index (χ1n) is 14.2. The number of halogens is 1. The molecule has 1 aliphatic carbocycles. The van der Waals surface area contributed by atoms with Gasteiger partial charge in [0.25, 0.3) is 10.0 Å². The highest BCUT2D eigenvalue weighted by molar-refractivity contribution is 7.92. The van der Waals surface area contributed by atoms with Gasteiger partial charge in [-0.3, -0.25) is 13.9 Å². The molecule has 1 saturated carbocycles. The minimum absolute atomic E-state index is 0.0287. The Balaban J connectivity index is 1.73. The molecule has 10 heteroatoms. The fourth-order valence-electron chi connectivity index (χ4n) is 5.35. The van der Waals surface area contributed by atoms with Gasteiger partial charge in [0.15, 0.2) is 0 Å². The number of carbonyl (C=O) groups is 2. The van der Waals surface area contributed by atoms with Crippen molar-refractivity contribution < 1.29 is 22.7 Å². The number of rotatable bonds is 12. The van der Waals surface area contributed by atoms with Gasteiger partial charge in [-0.05, 0) is 62.1 Å². The average molecular weight is 612 g/mol. The molecular weight excluding hydrogens is 574 g/mol. The molecule has 0 unspecified atom stereocenters. The maximum atomic E-state index is 14.2. The Bertz CT molecular complexity index is 1490. The molecule has 2 amide bonds. The first kappa shape index (κ1) is 31.4. The summed E-state index contributed by atoms with van der Waals surface area (Å²) in [4.78, 5) is 29.3. The molecule has 8 nitrogen and oxygen atoms in total. The van der Waals surface area contributed by atoms with E-state index in [0.717, 1.165) is 41.1 Å². The Morgan fingerprint density at radius 2 is 1.74 bits per heavy atom. The van der Waals surface area contributed by atoms with Crippen molar-refractivity contribution in [1.82, 2.24) is 10.2 Å². The molecule has 0 spiro atoms. The van der Waals surface area contributed by atoms with E-state index in [-0.39, 0.29) is 34.1 Å². The third kappa shape index (κ3) is 7.44. The van der Waals surface area contributed by atoms with Crippen molar-refractivity contribution in [2.75, 3.05) is 18.0 Å². The summed E-state index contributed by atoms with van der Waals surface area (Å²) in [7, 11) is -2.72. The number of hydrogen-bond acceptors (Lipinski definition) is 5. The fraction of sp³-hybridized carbons (Fsp3) is 0.375. The van der Waals surface area contributed by atoms with E-state index in [9.17, 15) is 18.0 Å². The van der Waals surface area contributed by atoms with Gasteiger partial charge in [0.2, 0.25) is 11.8 Å².